The van der Waals surface area contributed by atoms with E-state index in [1.54, 1.807) is 47.4 Å². The molecule has 0 saturated carbocycles. The number of halogens is 1. The van der Waals surface area contributed by atoms with E-state index in [4.69, 9.17) is 11.6 Å². The Balaban J connectivity index is 1.38. The molecule has 1 aliphatic rings. The van der Waals surface area contributed by atoms with Crippen molar-refractivity contribution in [3.8, 4) is 0 Å². The van der Waals surface area contributed by atoms with Crippen LogP contribution in [0.15, 0.2) is 59.9 Å². The number of aromatic nitrogens is 4. The van der Waals surface area contributed by atoms with Gasteiger partial charge in [0.15, 0.2) is 0 Å². The molecule has 3 N–H and O–H groups in total. The van der Waals surface area contributed by atoms with Gasteiger partial charge in [-0.2, -0.15) is 0 Å². The summed E-state index contributed by atoms with van der Waals surface area (Å²) in [4.78, 5) is 15.9. The minimum absolute atomic E-state index is 0.0265. The summed E-state index contributed by atoms with van der Waals surface area (Å²) in [5.74, 6) is 0.537. The molecule has 9 nitrogen and oxygen atoms in total. The Morgan fingerprint density at radius 1 is 1.22 bits per heavy atom. The van der Waals surface area contributed by atoms with Crippen LogP contribution >= 0.6 is 11.6 Å². The second-order valence-corrected chi connectivity index (χ2v) is 9.64. The van der Waals surface area contributed by atoms with Crippen molar-refractivity contribution < 1.29 is 13.2 Å². The van der Waals surface area contributed by atoms with E-state index in [1.165, 1.54) is 12.1 Å². The van der Waals surface area contributed by atoms with Gasteiger partial charge >= 0.3 is 0 Å². The van der Waals surface area contributed by atoms with Gasteiger partial charge in [0.25, 0.3) is 10.0 Å². The smallest absolute Gasteiger partial charge is 0.262 e. The van der Waals surface area contributed by atoms with Crippen molar-refractivity contribution in [3.05, 3.63) is 65.8 Å². The van der Waals surface area contributed by atoms with Crippen molar-refractivity contribution in [1.29, 1.82) is 0 Å². The first kappa shape index (κ1) is 20.5. The topological polar surface area (TPSA) is 122 Å². The molecule has 1 unspecified atom stereocenters. The fourth-order valence-corrected chi connectivity index (χ4v) is 5.26. The highest BCUT2D eigenvalue weighted by molar-refractivity contribution is 7.92. The van der Waals surface area contributed by atoms with Crippen LogP contribution in [-0.2, 0) is 21.2 Å². The molecule has 2 aromatic heterocycles. The number of sulfonamides is 1. The molecule has 0 bridgehead atoms. The molecule has 4 aromatic rings. The third kappa shape index (κ3) is 3.71. The molecule has 5 rings (SSSR count). The van der Waals surface area contributed by atoms with Crippen LogP contribution in [0.1, 0.15) is 24.7 Å². The van der Waals surface area contributed by atoms with E-state index >= 15 is 0 Å². The summed E-state index contributed by atoms with van der Waals surface area (Å²) in [6.45, 7) is 0. The molecule has 32 heavy (non-hydrogen) atoms. The van der Waals surface area contributed by atoms with Crippen molar-refractivity contribution in [1.82, 2.24) is 19.7 Å². The van der Waals surface area contributed by atoms with Crippen molar-refractivity contribution in [2.45, 2.75) is 30.2 Å². The Morgan fingerprint density at radius 2 is 2.06 bits per heavy atom. The number of nitrogens with one attached hydrogen (secondary N) is 3. The number of hydrogen-bond donors (Lipinski definition) is 3. The number of aromatic amines is 1. The van der Waals surface area contributed by atoms with Crippen LogP contribution in [0.25, 0.3) is 10.9 Å². The average Bonchev–Trinajstić information content (AvgIpc) is 3.41. The molecule has 1 atom stereocenters. The summed E-state index contributed by atoms with van der Waals surface area (Å²) in [6, 6.07) is 10.9. The Bertz CT molecular complexity index is 1430. The number of aryl methyl sites for hydroxylation is 1. The lowest BCUT2D eigenvalue weighted by atomic mass is 10.0. The molecule has 0 spiro atoms. The van der Waals surface area contributed by atoms with E-state index in [0.29, 0.717) is 33.7 Å². The zero-order valence-electron chi connectivity index (χ0n) is 16.7. The van der Waals surface area contributed by atoms with Gasteiger partial charge in [-0.3, -0.25) is 9.52 Å². The number of anilines is 2. The van der Waals surface area contributed by atoms with Gasteiger partial charge in [0.2, 0.25) is 5.91 Å². The van der Waals surface area contributed by atoms with E-state index in [-0.39, 0.29) is 10.8 Å². The summed E-state index contributed by atoms with van der Waals surface area (Å²) in [6.07, 6.45) is 5.44. The van der Waals surface area contributed by atoms with Crippen LogP contribution < -0.4 is 10.0 Å². The van der Waals surface area contributed by atoms with E-state index < -0.39 is 16.1 Å². The van der Waals surface area contributed by atoms with Crippen LogP contribution in [0.2, 0.25) is 5.02 Å². The Morgan fingerprint density at radius 3 is 2.94 bits per heavy atom. The fourth-order valence-electron chi connectivity index (χ4n) is 3.93. The summed E-state index contributed by atoms with van der Waals surface area (Å²) >= 11 is 6.13. The van der Waals surface area contributed by atoms with E-state index in [0.717, 1.165) is 18.7 Å². The standard InChI is InChI=1S/C21H19ClN6O3S/c22-16-11-23-20-15(16)6-2-7-17(20)27-32(30,31)14-5-1-4-13(10-14)25-21(29)18-8-3-9-19-26-24-12-28(18)19/h1-2,4-7,10-12,18,23,27H,3,8-9H2,(H,25,29). The number of hydrogen-bond acceptors (Lipinski definition) is 5. The zero-order chi connectivity index (χ0) is 22.3. The molecule has 11 heteroatoms. The largest absolute Gasteiger partial charge is 0.358 e. The molecule has 2 aromatic carbocycles. The molecular formula is C21H19ClN6O3S. The molecular weight excluding hydrogens is 452 g/mol. The van der Waals surface area contributed by atoms with Gasteiger partial charge in [-0.25, -0.2) is 8.42 Å². The second kappa shape index (κ2) is 7.95. The van der Waals surface area contributed by atoms with Crippen molar-refractivity contribution in [2.75, 3.05) is 10.0 Å². The van der Waals surface area contributed by atoms with Gasteiger partial charge in [0, 0.05) is 23.7 Å². The molecule has 0 saturated heterocycles. The van der Waals surface area contributed by atoms with Crippen LogP contribution in [0.3, 0.4) is 0 Å². The number of fused-ring (bicyclic) bond motifs is 2. The lowest BCUT2D eigenvalue weighted by Crippen LogP contribution is -2.29. The van der Waals surface area contributed by atoms with Gasteiger partial charge < -0.3 is 14.9 Å². The highest BCUT2D eigenvalue weighted by atomic mass is 35.5. The lowest BCUT2D eigenvalue weighted by molar-refractivity contribution is -0.119. The predicted molar refractivity (Wildman–Crippen MR) is 121 cm³/mol. The predicted octanol–water partition coefficient (Wildman–Crippen LogP) is 3.73. The van der Waals surface area contributed by atoms with Gasteiger partial charge in [0.05, 0.1) is 21.1 Å². The van der Waals surface area contributed by atoms with Crippen LogP contribution in [0.4, 0.5) is 11.4 Å². The SMILES string of the molecule is O=C(Nc1cccc(S(=O)(=O)Nc2cccc3c(Cl)c[nH]c23)c1)C1CCCc2nncn21. The fraction of sp³-hybridized carbons (Fsp3) is 0.190. The van der Waals surface area contributed by atoms with Gasteiger partial charge in [-0.1, -0.05) is 29.8 Å². The van der Waals surface area contributed by atoms with Crippen LogP contribution in [-0.4, -0.2) is 34.1 Å². The number of rotatable bonds is 5. The Kier molecular flexibility index (Phi) is 5.10. The van der Waals surface area contributed by atoms with Gasteiger partial charge in [-0.15, -0.1) is 10.2 Å². The molecule has 1 amide bonds. The molecule has 0 fully saturated rings. The highest BCUT2D eigenvalue weighted by Crippen LogP contribution is 2.30. The zero-order valence-corrected chi connectivity index (χ0v) is 18.3. The normalized spacial score (nSPS) is 16.0. The number of amides is 1. The van der Waals surface area contributed by atoms with Crippen molar-refractivity contribution in [3.63, 3.8) is 0 Å². The minimum atomic E-state index is -3.91. The quantitative estimate of drug-likeness (QED) is 0.410. The number of carbonyl (C=O) groups is 1. The number of H-pyrrole nitrogens is 1. The molecule has 0 radical (unpaired) electrons. The number of benzene rings is 2. The summed E-state index contributed by atoms with van der Waals surface area (Å²) < 4.78 is 30.4. The van der Waals surface area contributed by atoms with E-state index in [9.17, 15) is 13.2 Å². The summed E-state index contributed by atoms with van der Waals surface area (Å²) in [7, 11) is -3.91. The first-order chi connectivity index (χ1) is 15.4. The highest BCUT2D eigenvalue weighted by Gasteiger charge is 2.27. The van der Waals surface area contributed by atoms with Crippen molar-refractivity contribution in [2.24, 2.45) is 0 Å². The van der Waals surface area contributed by atoms with Crippen molar-refractivity contribution >= 4 is 49.8 Å². The van der Waals surface area contributed by atoms with Gasteiger partial charge in [0.1, 0.15) is 18.2 Å². The Hall–Kier alpha value is -3.37. The van der Waals surface area contributed by atoms with Crippen LogP contribution in [0, 0.1) is 0 Å². The van der Waals surface area contributed by atoms with E-state index in [1.807, 2.05) is 0 Å². The Labute approximate surface area is 188 Å². The number of nitrogens with zero attached hydrogens (tertiary/aromatic N) is 3. The molecule has 1 aliphatic heterocycles. The first-order valence-corrected chi connectivity index (χ1v) is 11.9. The molecule has 3 heterocycles. The number of carbonyl (C=O) groups excluding carboxylic acids is 1. The van der Waals surface area contributed by atoms with E-state index in [2.05, 4.69) is 25.2 Å². The van der Waals surface area contributed by atoms with Crippen LogP contribution in [0.5, 0.6) is 0 Å². The third-order valence-electron chi connectivity index (χ3n) is 5.48. The monoisotopic (exact) mass is 470 g/mol. The summed E-state index contributed by atoms with van der Waals surface area (Å²) in [5, 5.41) is 12.0. The maximum atomic E-state index is 13.0. The maximum Gasteiger partial charge on any atom is 0.262 e. The maximum absolute atomic E-state index is 13.0. The summed E-state index contributed by atoms with van der Waals surface area (Å²) in [5.41, 5.74) is 1.36. The minimum Gasteiger partial charge on any atom is -0.358 e. The number of para-hydroxylation sites is 1. The molecule has 164 valence electrons. The van der Waals surface area contributed by atoms with Gasteiger partial charge in [-0.05, 0) is 37.1 Å². The average molecular weight is 471 g/mol. The molecule has 0 aliphatic carbocycles. The lowest BCUT2D eigenvalue weighted by Gasteiger charge is -2.23. The first-order valence-electron chi connectivity index (χ1n) is 10.00. The third-order valence-corrected chi connectivity index (χ3v) is 7.16. The second-order valence-electron chi connectivity index (χ2n) is 7.55.